The molecule has 0 atom stereocenters. The SMILES string of the molecule is O=S(=O)(NCc1ccc(-c2cccnc2)nc1)c1ccc2c(c1)CCCC2. The van der Waals surface area contributed by atoms with Crippen molar-refractivity contribution in [1.82, 2.24) is 14.7 Å². The topological polar surface area (TPSA) is 72.0 Å². The van der Waals surface area contributed by atoms with Gasteiger partial charge in [0, 0.05) is 30.7 Å². The normalized spacial score (nSPS) is 13.9. The van der Waals surface area contributed by atoms with Crippen molar-refractivity contribution in [2.75, 3.05) is 0 Å². The van der Waals surface area contributed by atoms with Crippen LogP contribution in [0.15, 0.2) is 66.0 Å². The van der Waals surface area contributed by atoms with Crippen LogP contribution in [0.4, 0.5) is 0 Å². The van der Waals surface area contributed by atoms with Gasteiger partial charge in [0.2, 0.25) is 10.0 Å². The Bertz CT molecular complexity index is 1030. The zero-order valence-corrected chi connectivity index (χ0v) is 15.7. The van der Waals surface area contributed by atoms with E-state index in [9.17, 15) is 8.42 Å². The van der Waals surface area contributed by atoms with Crippen LogP contribution in [0.2, 0.25) is 0 Å². The number of hydrogen-bond acceptors (Lipinski definition) is 4. The summed E-state index contributed by atoms with van der Waals surface area (Å²) in [5.74, 6) is 0. The molecule has 1 N–H and O–H groups in total. The third-order valence-electron chi connectivity index (χ3n) is 4.88. The summed E-state index contributed by atoms with van der Waals surface area (Å²) in [6.45, 7) is 0.208. The van der Waals surface area contributed by atoms with Crippen molar-refractivity contribution in [3.05, 3.63) is 77.7 Å². The Morgan fingerprint density at radius 3 is 2.56 bits per heavy atom. The smallest absolute Gasteiger partial charge is 0.240 e. The van der Waals surface area contributed by atoms with E-state index in [4.69, 9.17) is 0 Å². The summed E-state index contributed by atoms with van der Waals surface area (Å²) in [4.78, 5) is 8.83. The Morgan fingerprint density at radius 2 is 1.81 bits per heavy atom. The lowest BCUT2D eigenvalue weighted by atomic mass is 9.92. The van der Waals surface area contributed by atoms with Gasteiger partial charge in [-0.2, -0.15) is 0 Å². The van der Waals surface area contributed by atoms with Gasteiger partial charge in [-0.3, -0.25) is 9.97 Å². The first-order chi connectivity index (χ1) is 13.1. The van der Waals surface area contributed by atoms with E-state index < -0.39 is 10.0 Å². The maximum atomic E-state index is 12.6. The molecule has 0 unspecified atom stereocenters. The molecule has 0 radical (unpaired) electrons. The van der Waals surface area contributed by atoms with Crippen LogP contribution in [-0.4, -0.2) is 18.4 Å². The molecule has 0 aliphatic heterocycles. The van der Waals surface area contributed by atoms with Crippen molar-refractivity contribution in [3.63, 3.8) is 0 Å². The number of nitrogens with zero attached hydrogens (tertiary/aromatic N) is 2. The van der Waals surface area contributed by atoms with Crippen LogP contribution in [0.3, 0.4) is 0 Å². The summed E-state index contributed by atoms with van der Waals surface area (Å²) in [5, 5.41) is 0. The van der Waals surface area contributed by atoms with Crippen molar-refractivity contribution in [3.8, 4) is 11.3 Å². The lowest BCUT2D eigenvalue weighted by Gasteiger charge is -2.16. The van der Waals surface area contributed by atoms with E-state index in [-0.39, 0.29) is 6.54 Å². The van der Waals surface area contributed by atoms with E-state index in [1.807, 2.05) is 36.4 Å². The van der Waals surface area contributed by atoms with Gasteiger partial charge < -0.3 is 0 Å². The van der Waals surface area contributed by atoms with Gasteiger partial charge in [-0.05, 0) is 72.7 Å². The molecule has 0 fully saturated rings. The molecule has 5 nitrogen and oxygen atoms in total. The van der Waals surface area contributed by atoms with Gasteiger partial charge in [0.15, 0.2) is 0 Å². The average Bonchev–Trinajstić information content (AvgIpc) is 2.73. The van der Waals surface area contributed by atoms with E-state index in [2.05, 4.69) is 14.7 Å². The Kier molecular flexibility index (Phi) is 5.01. The zero-order chi connectivity index (χ0) is 18.7. The van der Waals surface area contributed by atoms with E-state index >= 15 is 0 Å². The van der Waals surface area contributed by atoms with Gasteiger partial charge in [-0.25, -0.2) is 13.1 Å². The fourth-order valence-corrected chi connectivity index (χ4v) is 4.42. The highest BCUT2D eigenvalue weighted by molar-refractivity contribution is 7.89. The Hall–Kier alpha value is -2.57. The van der Waals surface area contributed by atoms with Gasteiger partial charge in [-0.1, -0.05) is 12.1 Å². The number of pyridine rings is 2. The third-order valence-corrected chi connectivity index (χ3v) is 6.28. The van der Waals surface area contributed by atoms with Crippen LogP contribution in [0, 0.1) is 0 Å². The number of aryl methyl sites for hydroxylation is 2. The number of benzene rings is 1. The van der Waals surface area contributed by atoms with E-state index in [0.29, 0.717) is 4.90 Å². The molecule has 0 bridgehead atoms. The molecule has 1 aliphatic rings. The molecule has 1 aromatic carbocycles. The maximum absolute atomic E-state index is 12.6. The molecular weight excluding hydrogens is 358 g/mol. The van der Waals surface area contributed by atoms with E-state index in [1.165, 1.54) is 12.0 Å². The van der Waals surface area contributed by atoms with Gasteiger partial charge in [0.1, 0.15) is 0 Å². The fourth-order valence-electron chi connectivity index (χ4n) is 3.35. The van der Waals surface area contributed by atoms with Crippen LogP contribution < -0.4 is 4.72 Å². The minimum absolute atomic E-state index is 0.208. The van der Waals surface area contributed by atoms with E-state index in [1.54, 1.807) is 24.7 Å². The highest BCUT2D eigenvalue weighted by Crippen LogP contribution is 2.24. The summed E-state index contributed by atoms with van der Waals surface area (Å²) in [6, 6.07) is 13.0. The largest absolute Gasteiger partial charge is 0.264 e. The predicted molar refractivity (Wildman–Crippen MR) is 105 cm³/mol. The average molecular weight is 379 g/mol. The van der Waals surface area contributed by atoms with E-state index in [0.717, 1.165) is 41.6 Å². The summed E-state index contributed by atoms with van der Waals surface area (Å²) < 4.78 is 28.0. The lowest BCUT2D eigenvalue weighted by molar-refractivity contribution is 0.580. The molecule has 138 valence electrons. The number of hydrogen-bond donors (Lipinski definition) is 1. The number of aromatic nitrogens is 2. The summed E-state index contributed by atoms with van der Waals surface area (Å²) >= 11 is 0. The molecule has 1 aliphatic carbocycles. The molecular formula is C21H21N3O2S. The number of sulfonamides is 1. The van der Waals surface area contributed by atoms with Crippen LogP contribution in [0.25, 0.3) is 11.3 Å². The Balaban J connectivity index is 1.46. The van der Waals surface area contributed by atoms with Crippen LogP contribution >= 0.6 is 0 Å². The molecule has 2 aromatic heterocycles. The molecule has 0 amide bonds. The first-order valence-corrected chi connectivity index (χ1v) is 10.6. The number of rotatable bonds is 5. The molecule has 4 rings (SSSR count). The van der Waals surface area contributed by atoms with Gasteiger partial charge in [-0.15, -0.1) is 0 Å². The summed E-state index contributed by atoms with van der Waals surface area (Å²) in [7, 11) is -3.54. The molecule has 0 saturated heterocycles. The molecule has 0 spiro atoms. The maximum Gasteiger partial charge on any atom is 0.240 e. The molecule has 6 heteroatoms. The predicted octanol–water partition coefficient (Wildman–Crippen LogP) is 3.50. The first kappa shape index (κ1) is 17.8. The molecule has 27 heavy (non-hydrogen) atoms. The number of fused-ring (bicyclic) bond motifs is 1. The first-order valence-electron chi connectivity index (χ1n) is 9.09. The van der Waals surface area contributed by atoms with Crippen LogP contribution in [0.5, 0.6) is 0 Å². The van der Waals surface area contributed by atoms with Crippen molar-refractivity contribution >= 4 is 10.0 Å². The molecule has 2 heterocycles. The lowest BCUT2D eigenvalue weighted by Crippen LogP contribution is -2.23. The highest BCUT2D eigenvalue weighted by Gasteiger charge is 2.17. The van der Waals surface area contributed by atoms with Crippen molar-refractivity contribution in [1.29, 1.82) is 0 Å². The summed E-state index contributed by atoms with van der Waals surface area (Å²) in [5.41, 5.74) is 4.98. The quantitative estimate of drug-likeness (QED) is 0.736. The minimum Gasteiger partial charge on any atom is -0.264 e. The number of nitrogens with one attached hydrogen (secondary N) is 1. The second kappa shape index (κ2) is 7.58. The second-order valence-electron chi connectivity index (χ2n) is 6.76. The van der Waals surface area contributed by atoms with Gasteiger partial charge in [0.05, 0.1) is 10.6 Å². The van der Waals surface area contributed by atoms with Gasteiger partial charge in [0.25, 0.3) is 0 Å². The minimum atomic E-state index is -3.54. The fraction of sp³-hybridized carbons (Fsp3) is 0.238. The second-order valence-corrected chi connectivity index (χ2v) is 8.52. The molecule has 0 saturated carbocycles. The Labute approximate surface area is 159 Å². The Morgan fingerprint density at radius 1 is 0.963 bits per heavy atom. The zero-order valence-electron chi connectivity index (χ0n) is 14.9. The van der Waals surface area contributed by atoms with Crippen molar-refractivity contribution in [2.45, 2.75) is 37.1 Å². The third kappa shape index (κ3) is 4.07. The monoisotopic (exact) mass is 379 g/mol. The van der Waals surface area contributed by atoms with Crippen LogP contribution in [-0.2, 0) is 29.4 Å². The standard InChI is InChI=1S/C21H21N3O2S/c25-27(26,20-9-8-17-4-1-2-5-18(17)12-20)24-14-16-7-10-21(23-13-16)19-6-3-11-22-15-19/h3,6-13,15,24H,1-2,4-5,14H2. The van der Waals surface area contributed by atoms with Crippen LogP contribution in [0.1, 0.15) is 29.5 Å². The summed E-state index contributed by atoms with van der Waals surface area (Å²) in [6.07, 6.45) is 9.46. The van der Waals surface area contributed by atoms with Crippen molar-refractivity contribution < 1.29 is 8.42 Å². The van der Waals surface area contributed by atoms with Crippen molar-refractivity contribution in [2.24, 2.45) is 0 Å². The highest BCUT2D eigenvalue weighted by atomic mass is 32.2. The molecule has 3 aromatic rings. The van der Waals surface area contributed by atoms with Gasteiger partial charge >= 0.3 is 0 Å².